The number of anilines is 1. The van der Waals surface area contributed by atoms with Gasteiger partial charge in [0.05, 0.1) is 5.69 Å². The Labute approximate surface area is 112 Å². The quantitative estimate of drug-likeness (QED) is 0.776. The molecule has 1 N–H and O–H groups in total. The van der Waals surface area contributed by atoms with Crippen molar-refractivity contribution in [2.75, 3.05) is 5.32 Å². The van der Waals surface area contributed by atoms with E-state index in [1.807, 2.05) is 25.1 Å². The number of carbonyl (C=O) groups is 1. The van der Waals surface area contributed by atoms with E-state index in [1.165, 1.54) is 0 Å². The Balaban J connectivity index is 1.89. The third-order valence-electron chi connectivity index (χ3n) is 2.62. The van der Waals surface area contributed by atoms with Gasteiger partial charge in [-0.15, -0.1) is 5.10 Å². The highest BCUT2D eigenvalue weighted by Gasteiger charge is 2.16. The lowest BCUT2D eigenvalue weighted by molar-refractivity contribution is 0.102. The number of hydrogen-bond acceptors (Lipinski definition) is 6. The van der Waals surface area contributed by atoms with Crippen LogP contribution < -0.4 is 5.32 Å². The van der Waals surface area contributed by atoms with Gasteiger partial charge in [-0.05, 0) is 43.1 Å². The van der Waals surface area contributed by atoms with Crippen molar-refractivity contribution in [1.82, 2.24) is 14.6 Å². The average Bonchev–Trinajstić information content (AvgIpc) is 2.94. The largest absolute Gasteiger partial charge is 0.423 e. The lowest BCUT2D eigenvalue weighted by Gasteiger charge is -1.96. The van der Waals surface area contributed by atoms with Gasteiger partial charge in [-0.2, -0.15) is 4.98 Å². The van der Waals surface area contributed by atoms with Crippen LogP contribution in [0.4, 0.5) is 6.01 Å². The van der Waals surface area contributed by atoms with Crippen molar-refractivity contribution in [1.29, 1.82) is 0 Å². The molecule has 0 spiro atoms. The van der Waals surface area contributed by atoms with E-state index in [4.69, 9.17) is 4.42 Å². The van der Waals surface area contributed by atoms with E-state index in [1.54, 1.807) is 6.92 Å². The SMILES string of the molecule is Cc1ccc2oc(NC(=O)c3snnc3C)nc2c1. The smallest absolute Gasteiger partial charge is 0.302 e. The number of nitrogens with zero attached hydrogens (tertiary/aromatic N) is 3. The summed E-state index contributed by atoms with van der Waals surface area (Å²) in [5.41, 5.74) is 3.03. The van der Waals surface area contributed by atoms with Crippen LogP contribution in [0.15, 0.2) is 22.6 Å². The molecule has 0 saturated carbocycles. The number of hydrogen-bond donors (Lipinski definition) is 1. The molecule has 3 aromatic rings. The molecule has 96 valence electrons. The first-order valence-corrected chi connectivity index (χ1v) is 6.38. The monoisotopic (exact) mass is 274 g/mol. The Kier molecular flexibility index (Phi) is 2.75. The molecule has 0 atom stereocenters. The zero-order valence-electron chi connectivity index (χ0n) is 10.3. The Morgan fingerprint density at radius 1 is 1.37 bits per heavy atom. The van der Waals surface area contributed by atoms with E-state index >= 15 is 0 Å². The molecule has 2 aromatic heterocycles. The molecular formula is C12H10N4O2S. The zero-order valence-corrected chi connectivity index (χ0v) is 11.1. The Morgan fingerprint density at radius 2 is 2.21 bits per heavy atom. The minimum absolute atomic E-state index is 0.179. The molecule has 0 bridgehead atoms. The van der Waals surface area contributed by atoms with Gasteiger partial charge in [-0.3, -0.25) is 10.1 Å². The second kappa shape index (κ2) is 4.43. The summed E-state index contributed by atoms with van der Waals surface area (Å²) in [6, 6.07) is 5.83. The number of aromatic nitrogens is 3. The molecule has 6 nitrogen and oxygen atoms in total. The van der Waals surface area contributed by atoms with Gasteiger partial charge < -0.3 is 4.42 Å². The van der Waals surface area contributed by atoms with Crippen molar-refractivity contribution in [2.24, 2.45) is 0 Å². The van der Waals surface area contributed by atoms with E-state index < -0.39 is 0 Å². The van der Waals surface area contributed by atoms with E-state index in [-0.39, 0.29) is 11.9 Å². The second-order valence-corrected chi connectivity index (χ2v) is 4.89. The molecule has 7 heteroatoms. The molecule has 1 amide bonds. The summed E-state index contributed by atoms with van der Waals surface area (Å²) in [6.07, 6.45) is 0. The van der Waals surface area contributed by atoms with Crippen molar-refractivity contribution in [2.45, 2.75) is 13.8 Å². The first-order chi connectivity index (χ1) is 9.13. The van der Waals surface area contributed by atoms with Crippen LogP contribution >= 0.6 is 11.5 Å². The zero-order chi connectivity index (χ0) is 13.4. The summed E-state index contributed by atoms with van der Waals surface area (Å²) in [4.78, 5) is 16.6. The van der Waals surface area contributed by atoms with Crippen molar-refractivity contribution >= 4 is 34.6 Å². The molecule has 2 heterocycles. The number of rotatable bonds is 2. The van der Waals surface area contributed by atoms with Crippen molar-refractivity contribution in [3.63, 3.8) is 0 Å². The summed E-state index contributed by atoms with van der Waals surface area (Å²) >= 11 is 1.04. The molecule has 19 heavy (non-hydrogen) atoms. The number of nitrogens with one attached hydrogen (secondary N) is 1. The highest BCUT2D eigenvalue weighted by molar-refractivity contribution is 7.08. The van der Waals surface area contributed by atoms with Gasteiger partial charge in [0.1, 0.15) is 10.4 Å². The third kappa shape index (κ3) is 2.19. The fraction of sp³-hybridized carbons (Fsp3) is 0.167. The third-order valence-corrected chi connectivity index (χ3v) is 3.45. The Bertz CT molecular complexity index is 762. The number of oxazole rings is 1. The van der Waals surface area contributed by atoms with Gasteiger partial charge in [0, 0.05) is 0 Å². The van der Waals surface area contributed by atoms with E-state index in [0.29, 0.717) is 16.2 Å². The maximum atomic E-state index is 12.0. The van der Waals surface area contributed by atoms with Gasteiger partial charge in [0.2, 0.25) is 0 Å². The van der Waals surface area contributed by atoms with E-state index in [9.17, 15) is 4.79 Å². The van der Waals surface area contributed by atoms with E-state index in [0.717, 1.165) is 22.6 Å². The predicted octanol–water partition coefficient (Wildman–Crippen LogP) is 2.55. The molecule has 0 aliphatic heterocycles. The van der Waals surface area contributed by atoms with Crippen LogP contribution in [0, 0.1) is 13.8 Å². The van der Waals surface area contributed by atoms with Crippen LogP contribution in [0.1, 0.15) is 20.9 Å². The van der Waals surface area contributed by atoms with Gasteiger partial charge in [0.25, 0.3) is 5.91 Å². The molecule has 0 saturated heterocycles. The first-order valence-electron chi connectivity index (χ1n) is 5.61. The van der Waals surface area contributed by atoms with Crippen LogP contribution in [0.2, 0.25) is 0 Å². The summed E-state index contributed by atoms with van der Waals surface area (Å²) < 4.78 is 9.17. The number of amides is 1. The Morgan fingerprint density at radius 3 is 2.95 bits per heavy atom. The van der Waals surface area contributed by atoms with Gasteiger partial charge in [0.15, 0.2) is 5.58 Å². The first kappa shape index (κ1) is 11.8. The van der Waals surface area contributed by atoms with Crippen molar-refractivity contribution in [3.05, 3.63) is 34.3 Å². The molecule has 1 aromatic carbocycles. The molecular weight excluding hydrogens is 264 g/mol. The maximum Gasteiger partial charge on any atom is 0.302 e. The fourth-order valence-corrected chi connectivity index (χ4v) is 2.24. The van der Waals surface area contributed by atoms with Crippen LogP contribution in [-0.2, 0) is 0 Å². The number of benzene rings is 1. The molecule has 0 fully saturated rings. The van der Waals surface area contributed by atoms with Gasteiger partial charge >= 0.3 is 6.01 Å². The van der Waals surface area contributed by atoms with Crippen LogP contribution in [0.3, 0.4) is 0 Å². The number of aryl methyl sites for hydroxylation is 2. The van der Waals surface area contributed by atoms with Gasteiger partial charge in [-0.25, -0.2) is 0 Å². The van der Waals surface area contributed by atoms with Crippen LogP contribution in [-0.4, -0.2) is 20.5 Å². The normalized spacial score (nSPS) is 10.8. The van der Waals surface area contributed by atoms with Gasteiger partial charge in [-0.1, -0.05) is 10.6 Å². The second-order valence-electron chi connectivity index (χ2n) is 4.13. The number of carbonyl (C=O) groups excluding carboxylic acids is 1. The minimum Gasteiger partial charge on any atom is -0.423 e. The summed E-state index contributed by atoms with van der Waals surface area (Å²) in [5.74, 6) is -0.309. The minimum atomic E-state index is -0.309. The van der Waals surface area contributed by atoms with Crippen LogP contribution in [0.5, 0.6) is 0 Å². The topological polar surface area (TPSA) is 80.9 Å². The molecule has 0 aliphatic rings. The highest BCUT2D eigenvalue weighted by Crippen LogP contribution is 2.21. The standard InChI is InChI=1S/C12H10N4O2S/c1-6-3-4-9-8(5-6)13-12(18-9)14-11(17)10-7(2)15-16-19-10/h3-5H,1-2H3,(H,13,14,17). The molecule has 0 unspecified atom stereocenters. The van der Waals surface area contributed by atoms with E-state index in [2.05, 4.69) is 19.9 Å². The molecule has 0 radical (unpaired) electrons. The highest BCUT2D eigenvalue weighted by atomic mass is 32.1. The average molecular weight is 274 g/mol. The van der Waals surface area contributed by atoms with Crippen LogP contribution in [0.25, 0.3) is 11.1 Å². The predicted molar refractivity (Wildman–Crippen MR) is 71.3 cm³/mol. The summed E-state index contributed by atoms with van der Waals surface area (Å²) in [7, 11) is 0. The lowest BCUT2D eigenvalue weighted by atomic mass is 10.2. The van der Waals surface area contributed by atoms with Crippen molar-refractivity contribution < 1.29 is 9.21 Å². The van der Waals surface area contributed by atoms with Crippen molar-refractivity contribution in [3.8, 4) is 0 Å². The fourth-order valence-electron chi connectivity index (χ4n) is 1.68. The molecule has 0 aliphatic carbocycles. The molecule has 3 rings (SSSR count). The summed E-state index contributed by atoms with van der Waals surface area (Å²) in [5, 5.41) is 6.40. The maximum absolute atomic E-state index is 12.0. The number of fused-ring (bicyclic) bond motifs is 1. The summed E-state index contributed by atoms with van der Waals surface area (Å²) in [6.45, 7) is 3.70. The lowest BCUT2D eigenvalue weighted by Crippen LogP contribution is -2.11. The Hall–Kier alpha value is -2.28.